The fourth-order valence-corrected chi connectivity index (χ4v) is 5.19. The van der Waals surface area contributed by atoms with Crippen molar-refractivity contribution < 1.29 is 33.8 Å². The van der Waals surface area contributed by atoms with Crippen LogP contribution in [0.3, 0.4) is 0 Å². The van der Waals surface area contributed by atoms with Crippen molar-refractivity contribution in [2.45, 2.75) is 58.3 Å². The zero-order chi connectivity index (χ0) is 35.6. The number of carbonyl (C=O) groups excluding carboxylic acids is 5. The van der Waals surface area contributed by atoms with Crippen LogP contribution in [-0.4, -0.2) is 70.6 Å². The van der Waals surface area contributed by atoms with Crippen LogP contribution >= 0.6 is 0 Å². The molecular weight excluding hydrogens is 628 g/mol. The van der Waals surface area contributed by atoms with Gasteiger partial charge in [-0.2, -0.15) is 0 Å². The minimum atomic E-state index is -1.53. The normalized spacial score (nSPS) is 12.3. The van der Waals surface area contributed by atoms with Crippen molar-refractivity contribution in [2.75, 3.05) is 18.5 Å². The number of aryl methyl sites for hydroxylation is 2. The zero-order valence-electron chi connectivity index (χ0n) is 27.9. The largest absolute Gasteiger partial charge is 0.445 e. The molecule has 0 unspecified atom stereocenters. The maximum Gasteiger partial charge on any atom is 0.408 e. The van der Waals surface area contributed by atoms with Crippen LogP contribution in [0.25, 0.3) is 10.9 Å². The molecule has 258 valence electrons. The van der Waals surface area contributed by atoms with Gasteiger partial charge >= 0.3 is 6.09 Å². The van der Waals surface area contributed by atoms with Gasteiger partial charge in [0.15, 0.2) is 0 Å². The van der Waals surface area contributed by atoms with Gasteiger partial charge in [-0.15, -0.1) is 0 Å². The Balaban J connectivity index is 1.36. The third kappa shape index (κ3) is 10.4. The number of carbonyl (C=O) groups is 5. The molecule has 0 spiro atoms. The van der Waals surface area contributed by atoms with Gasteiger partial charge in [0, 0.05) is 29.2 Å². The van der Waals surface area contributed by atoms with Gasteiger partial charge in [0.05, 0.1) is 13.2 Å². The fourth-order valence-electron chi connectivity index (χ4n) is 5.19. The monoisotopic (exact) mass is 670 g/mol. The summed E-state index contributed by atoms with van der Waals surface area (Å²) in [5.41, 5.74) is 3.24. The second-order valence-electron chi connectivity index (χ2n) is 12.3. The second-order valence-corrected chi connectivity index (χ2v) is 12.3. The summed E-state index contributed by atoms with van der Waals surface area (Å²) in [4.78, 5) is 68.0. The number of aromatic nitrogens is 1. The molecule has 3 aromatic carbocycles. The van der Waals surface area contributed by atoms with Crippen molar-refractivity contribution in [2.24, 2.45) is 0 Å². The number of aliphatic hydroxyl groups is 1. The van der Waals surface area contributed by atoms with Crippen molar-refractivity contribution in [3.05, 3.63) is 101 Å². The van der Waals surface area contributed by atoms with E-state index in [0.29, 0.717) is 5.69 Å². The molecule has 13 nitrogen and oxygen atoms in total. The SMILES string of the molecule is Cc1cc(C)cc(NC(=O)[C@H](CO)NC(=O)CNC(=O)C(C)(C)NC(=O)[C@H](Cc2c[nH]c3ccccc23)NC(=O)OCc2ccccc2)c1. The number of para-hydroxylation sites is 1. The highest BCUT2D eigenvalue weighted by Gasteiger charge is 2.34. The van der Waals surface area contributed by atoms with Gasteiger partial charge in [0.2, 0.25) is 23.6 Å². The molecule has 0 bridgehead atoms. The Morgan fingerprint density at radius 3 is 2.22 bits per heavy atom. The number of aromatic amines is 1. The molecule has 49 heavy (non-hydrogen) atoms. The van der Waals surface area contributed by atoms with E-state index in [1.54, 1.807) is 30.5 Å². The Morgan fingerprint density at radius 1 is 0.857 bits per heavy atom. The van der Waals surface area contributed by atoms with Gasteiger partial charge in [-0.05, 0) is 68.1 Å². The van der Waals surface area contributed by atoms with Gasteiger partial charge in [0.1, 0.15) is 24.2 Å². The first-order valence-electron chi connectivity index (χ1n) is 15.8. The van der Waals surface area contributed by atoms with Crippen molar-refractivity contribution in [3.63, 3.8) is 0 Å². The standard InChI is InChI=1S/C36H42N6O7/c1-22-14-23(2)16-26(15-22)39-32(45)30(20-43)40-31(44)19-38-34(47)36(3,4)42-33(46)29(17-25-18-37-28-13-9-8-12-27(25)28)41-35(48)49-21-24-10-6-5-7-11-24/h5-16,18,29-30,37,43H,17,19-21H2,1-4H3,(H,38,47)(H,39,45)(H,40,44)(H,41,48)(H,42,46)/t29-,30-/m0/s1. The lowest BCUT2D eigenvalue weighted by molar-refractivity contribution is -0.134. The van der Waals surface area contributed by atoms with Crippen LogP contribution in [0.15, 0.2) is 79.0 Å². The molecule has 2 atom stereocenters. The van der Waals surface area contributed by atoms with E-state index in [1.165, 1.54) is 13.8 Å². The fraction of sp³-hybridized carbons (Fsp3) is 0.306. The number of anilines is 1. The molecule has 5 amide bonds. The molecular formula is C36H42N6O7. The lowest BCUT2D eigenvalue weighted by Gasteiger charge is -2.28. The van der Waals surface area contributed by atoms with Crippen LogP contribution < -0.4 is 26.6 Å². The number of alkyl carbamates (subject to hydrolysis) is 1. The zero-order valence-corrected chi connectivity index (χ0v) is 27.9. The summed E-state index contributed by atoms with van der Waals surface area (Å²) in [6.45, 7) is 5.44. The second kappa shape index (κ2) is 16.4. The smallest absolute Gasteiger partial charge is 0.408 e. The Morgan fingerprint density at radius 2 is 1.53 bits per heavy atom. The van der Waals surface area contributed by atoms with Crippen molar-refractivity contribution in [1.82, 2.24) is 26.3 Å². The van der Waals surface area contributed by atoms with E-state index >= 15 is 0 Å². The van der Waals surface area contributed by atoms with Crippen LogP contribution in [-0.2, 0) is 36.9 Å². The van der Waals surface area contributed by atoms with Crippen LogP contribution in [0.2, 0.25) is 0 Å². The number of nitrogens with one attached hydrogen (secondary N) is 6. The van der Waals surface area contributed by atoms with Crippen LogP contribution in [0.5, 0.6) is 0 Å². The number of hydrogen-bond acceptors (Lipinski definition) is 7. The molecule has 0 aliphatic rings. The number of amides is 5. The summed E-state index contributed by atoms with van der Waals surface area (Å²) in [6.07, 6.45) is 1.02. The predicted octanol–water partition coefficient (Wildman–Crippen LogP) is 2.75. The van der Waals surface area contributed by atoms with E-state index in [9.17, 15) is 29.1 Å². The molecule has 7 N–H and O–H groups in total. The first-order valence-corrected chi connectivity index (χ1v) is 15.8. The number of aliphatic hydroxyl groups excluding tert-OH is 1. The number of ether oxygens (including phenoxy) is 1. The lowest BCUT2D eigenvalue weighted by atomic mass is 10.0. The van der Waals surface area contributed by atoms with Crippen molar-refractivity contribution in [1.29, 1.82) is 0 Å². The molecule has 0 aliphatic heterocycles. The quantitative estimate of drug-likeness (QED) is 0.107. The molecule has 13 heteroatoms. The molecule has 0 aliphatic carbocycles. The molecule has 0 radical (unpaired) electrons. The number of rotatable bonds is 14. The third-order valence-corrected chi connectivity index (χ3v) is 7.66. The summed E-state index contributed by atoms with van der Waals surface area (Å²) >= 11 is 0. The maximum atomic E-state index is 13.6. The Bertz CT molecular complexity index is 1780. The molecule has 0 saturated heterocycles. The van der Waals surface area contributed by atoms with Gasteiger partial charge in [-0.25, -0.2) is 4.79 Å². The van der Waals surface area contributed by atoms with E-state index in [1.807, 2.05) is 62.4 Å². The number of H-pyrrole nitrogens is 1. The average molecular weight is 671 g/mol. The maximum absolute atomic E-state index is 13.6. The number of fused-ring (bicyclic) bond motifs is 1. The van der Waals surface area contributed by atoms with E-state index in [2.05, 4.69) is 31.6 Å². The van der Waals surface area contributed by atoms with Gasteiger partial charge in [0.25, 0.3) is 0 Å². The lowest BCUT2D eigenvalue weighted by Crippen LogP contribution is -2.60. The summed E-state index contributed by atoms with van der Waals surface area (Å²) in [7, 11) is 0. The van der Waals surface area contributed by atoms with Gasteiger partial charge in [-0.3, -0.25) is 19.2 Å². The van der Waals surface area contributed by atoms with Crippen molar-refractivity contribution >= 4 is 46.3 Å². The first-order chi connectivity index (χ1) is 23.3. The van der Waals surface area contributed by atoms with Gasteiger partial charge < -0.3 is 41.4 Å². The van der Waals surface area contributed by atoms with E-state index in [0.717, 1.165) is 33.2 Å². The Labute approximate surface area is 284 Å². The molecule has 0 saturated carbocycles. The third-order valence-electron chi connectivity index (χ3n) is 7.66. The molecule has 1 aromatic heterocycles. The van der Waals surface area contributed by atoms with E-state index < -0.39 is 60.5 Å². The number of benzene rings is 3. The van der Waals surface area contributed by atoms with Gasteiger partial charge in [-0.1, -0.05) is 54.6 Å². The minimum absolute atomic E-state index is 0.00550. The Hall–Kier alpha value is -5.69. The summed E-state index contributed by atoms with van der Waals surface area (Å²) in [6, 6.07) is 19.6. The molecule has 4 aromatic rings. The molecule has 0 fully saturated rings. The highest BCUT2D eigenvalue weighted by Crippen LogP contribution is 2.20. The average Bonchev–Trinajstić information content (AvgIpc) is 3.47. The van der Waals surface area contributed by atoms with Crippen LogP contribution in [0.1, 0.15) is 36.1 Å². The predicted molar refractivity (Wildman–Crippen MR) is 184 cm³/mol. The minimum Gasteiger partial charge on any atom is -0.445 e. The Kier molecular flexibility index (Phi) is 12.1. The molecule has 1 heterocycles. The van der Waals surface area contributed by atoms with Crippen LogP contribution in [0.4, 0.5) is 10.5 Å². The van der Waals surface area contributed by atoms with Crippen LogP contribution in [0, 0.1) is 13.8 Å². The summed E-state index contributed by atoms with van der Waals surface area (Å²) in [5, 5.41) is 23.4. The number of hydrogen-bond donors (Lipinski definition) is 7. The highest BCUT2D eigenvalue weighted by atomic mass is 16.5. The molecule has 4 rings (SSSR count). The van der Waals surface area contributed by atoms with E-state index in [-0.39, 0.29) is 13.0 Å². The topological polar surface area (TPSA) is 191 Å². The van der Waals surface area contributed by atoms with E-state index in [4.69, 9.17) is 4.74 Å². The summed E-state index contributed by atoms with van der Waals surface area (Å²) < 4.78 is 5.35. The van der Waals surface area contributed by atoms with Crippen molar-refractivity contribution in [3.8, 4) is 0 Å². The summed E-state index contributed by atoms with van der Waals surface area (Å²) in [5.74, 6) is -2.72. The highest BCUT2D eigenvalue weighted by molar-refractivity contribution is 5.99. The first kappa shape index (κ1) is 36.2.